The molecule has 0 saturated carbocycles. The SMILES string of the molecule is CN1CCN(c2ccc(NC(=O)NCCOc3ccc(Cl)cc3)cc2)CC1. The lowest BCUT2D eigenvalue weighted by Crippen LogP contribution is -2.44. The number of benzene rings is 2. The van der Waals surface area contributed by atoms with Crippen molar-refractivity contribution in [1.82, 2.24) is 10.2 Å². The normalized spacial score (nSPS) is 14.7. The van der Waals surface area contributed by atoms with Gasteiger partial charge >= 0.3 is 6.03 Å². The minimum atomic E-state index is -0.248. The zero-order chi connectivity index (χ0) is 19.1. The number of piperazine rings is 1. The van der Waals surface area contributed by atoms with E-state index >= 15 is 0 Å². The number of halogens is 1. The van der Waals surface area contributed by atoms with E-state index in [0.717, 1.165) is 37.6 Å². The Bertz CT molecular complexity index is 729. The lowest BCUT2D eigenvalue weighted by Gasteiger charge is -2.34. The second kappa shape index (κ2) is 9.48. The molecule has 7 heteroatoms. The van der Waals surface area contributed by atoms with Crippen molar-refractivity contribution in [1.29, 1.82) is 0 Å². The number of carbonyl (C=O) groups excluding carboxylic acids is 1. The molecule has 144 valence electrons. The molecule has 0 unspecified atom stereocenters. The molecule has 1 fully saturated rings. The number of nitrogens with one attached hydrogen (secondary N) is 2. The second-order valence-corrected chi connectivity index (χ2v) is 6.96. The lowest BCUT2D eigenvalue weighted by atomic mass is 10.2. The molecular weight excluding hydrogens is 364 g/mol. The Labute approximate surface area is 165 Å². The van der Waals surface area contributed by atoms with Crippen molar-refractivity contribution in [3.63, 3.8) is 0 Å². The van der Waals surface area contributed by atoms with Crippen molar-refractivity contribution in [3.05, 3.63) is 53.6 Å². The first-order valence-corrected chi connectivity index (χ1v) is 9.45. The van der Waals surface area contributed by atoms with E-state index in [0.29, 0.717) is 18.2 Å². The summed E-state index contributed by atoms with van der Waals surface area (Å²) < 4.78 is 5.54. The highest BCUT2D eigenvalue weighted by Gasteiger charge is 2.14. The van der Waals surface area contributed by atoms with Crippen molar-refractivity contribution < 1.29 is 9.53 Å². The first kappa shape index (κ1) is 19.3. The van der Waals surface area contributed by atoms with Gasteiger partial charge in [0.1, 0.15) is 12.4 Å². The number of urea groups is 1. The number of likely N-dealkylation sites (N-methyl/N-ethyl adjacent to an activating group) is 1. The quantitative estimate of drug-likeness (QED) is 0.745. The number of ether oxygens (including phenoxy) is 1. The maximum absolute atomic E-state index is 12.0. The number of nitrogens with zero attached hydrogens (tertiary/aromatic N) is 2. The van der Waals surface area contributed by atoms with Crippen molar-refractivity contribution in [2.24, 2.45) is 0 Å². The van der Waals surface area contributed by atoms with E-state index in [1.54, 1.807) is 24.3 Å². The molecule has 0 aliphatic carbocycles. The van der Waals surface area contributed by atoms with Crippen molar-refractivity contribution in [3.8, 4) is 5.75 Å². The van der Waals surface area contributed by atoms with Gasteiger partial charge in [0.2, 0.25) is 0 Å². The van der Waals surface area contributed by atoms with E-state index in [9.17, 15) is 4.79 Å². The fourth-order valence-electron chi connectivity index (χ4n) is 2.86. The van der Waals surface area contributed by atoms with Crippen LogP contribution < -0.4 is 20.3 Å². The van der Waals surface area contributed by atoms with Crippen LogP contribution in [0.5, 0.6) is 5.75 Å². The van der Waals surface area contributed by atoms with Gasteiger partial charge in [0.05, 0.1) is 6.54 Å². The highest BCUT2D eigenvalue weighted by molar-refractivity contribution is 6.30. The summed E-state index contributed by atoms with van der Waals surface area (Å²) in [6.07, 6.45) is 0. The minimum absolute atomic E-state index is 0.248. The summed E-state index contributed by atoms with van der Waals surface area (Å²) in [6.45, 7) is 4.99. The van der Waals surface area contributed by atoms with Gasteiger partial charge in [0.15, 0.2) is 0 Å². The third-order valence-corrected chi connectivity index (χ3v) is 4.72. The molecule has 2 amide bonds. The van der Waals surface area contributed by atoms with E-state index in [4.69, 9.17) is 16.3 Å². The van der Waals surface area contributed by atoms with Gasteiger partial charge in [-0.25, -0.2) is 4.79 Å². The summed E-state index contributed by atoms with van der Waals surface area (Å²) in [6, 6.07) is 14.8. The highest BCUT2D eigenvalue weighted by Crippen LogP contribution is 2.19. The summed E-state index contributed by atoms with van der Waals surface area (Å²) in [4.78, 5) is 16.7. The number of hydrogen-bond acceptors (Lipinski definition) is 4. The van der Waals surface area contributed by atoms with Crippen molar-refractivity contribution in [2.45, 2.75) is 0 Å². The summed E-state index contributed by atoms with van der Waals surface area (Å²) in [5, 5.41) is 6.28. The fraction of sp³-hybridized carbons (Fsp3) is 0.350. The monoisotopic (exact) mass is 388 g/mol. The van der Waals surface area contributed by atoms with E-state index < -0.39 is 0 Å². The smallest absolute Gasteiger partial charge is 0.319 e. The number of carbonyl (C=O) groups is 1. The number of rotatable bonds is 6. The molecule has 0 aromatic heterocycles. The first-order chi connectivity index (χ1) is 13.1. The molecule has 2 N–H and O–H groups in total. The van der Waals surface area contributed by atoms with Gasteiger partial charge in [-0.2, -0.15) is 0 Å². The summed E-state index contributed by atoms with van der Waals surface area (Å²) in [5.41, 5.74) is 1.95. The van der Waals surface area contributed by atoms with Gasteiger partial charge < -0.3 is 25.2 Å². The van der Waals surface area contributed by atoms with Gasteiger partial charge in [-0.3, -0.25) is 0 Å². The van der Waals surface area contributed by atoms with Crippen molar-refractivity contribution >= 4 is 29.0 Å². The first-order valence-electron chi connectivity index (χ1n) is 9.07. The molecule has 0 atom stereocenters. The molecule has 1 aliphatic heterocycles. The predicted molar refractivity (Wildman–Crippen MR) is 110 cm³/mol. The van der Waals surface area contributed by atoms with Crippen LogP contribution in [0.25, 0.3) is 0 Å². The van der Waals surface area contributed by atoms with Gasteiger partial charge in [-0.15, -0.1) is 0 Å². The third-order valence-electron chi connectivity index (χ3n) is 4.46. The molecule has 0 spiro atoms. The zero-order valence-electron chi connectivity index (χ0n) is 15.5. The maximum Gasteiger partial charge on any atom is 0.319 e. The van der Waals surface area contributed by atoms with E-state index in [2.05, 4.69) is 27.5 Å². The second-order valence-electron chi connectivity index (χ2n) is 6.52. The van der Waals surface area contributed by atoms with Crippen LogP contribution in [-0.2, 0) is 0 Å². The Morgan fingerprint density at radius 3 is 2.37 bits per heavy atom. The molecule has 2 aromatic carbocycles. The van der Waals surface area contributed by atoms with Crippen LogP contribution in [-0.4, -0.2) is 57.3 Å². The van der Waals surface area contributed by atoms with Crippen molar-refractivity contribution in [2.75, 3.05) is 56.6 Å². The molecule has 0 bridgehead atoms. The van der Waals surface area contributed by atoms with E-state index in [1.807, 2.05) is 24.3 Å². The zero-order valence-corrected chi connectivity index (χ0v) is 16.2. The topological polar surface area (TPSA) is 56.8 Å². The van der Waals surface area contributed by atoms with Gasteiger partial charge in [-0.1, -0.05) is 11.6 Å². The molecule has 0 radical (unpaired) electrons. The number of anilines is 2. The molecule has 2 aromatic rings. The molecular formula is C20H25ClN4O2. The molecule has 1 heterocycles. The van der Waals surface area contributed by atoms with Gasteiger partial charge in [0.25, 0.3) is 0 Å². The van der Waals surface area contributed by atoms with E-state index in [1.165, 1.54) is 5.69 Å². The van der Waals surface area contributed by atoms with Crippen LogP contribution in [0.3, 0.4) is 0 Å². The fourth-order valence-corrected chi connectivity index (χ4v) is 2.99. The van der Waals surface area contributed by atoms with E-state index in [-0.39, 0.29) is 6.03 Å². The largest absolute Gasteiger partial charge is 0.492 e. The number of amides is 2. The Morgan fingerprint density at radius 2 is 1.70 bits per heavy atom. The minimum Gasteiger partial charge on any atom is -0.492 e. The standard InChI is InChI=1S/C20H25ClN4O2/c1-24-11-13-25(14-12-24)18-6-4-17(5-7-18)23-20(26)22-10-15-27-19-8-2-16(21)3-9-19/h2-9H,10-15H2,1H3,(H2,22,23,26). The Hall–Kier alpha value is -2.44. The maximum atomic E-state index is 12.0. The predicted octanol–water partition coefficient (Wildman–Crippen LogP) is 3.29. The molecule has 27 heavy (non-hydrogen) atoms. The van der Waals surface area contributed by atoms with Gasteiger partial charge in [-0.05, 0) is 55.6 Å². The van der Waals surface area contributed by atoms with Crippen LogP contribution in [0, 0.1) is 0 Å². The number of hydrogen-bond donors (Lipinski definition) is 2. The summed E-state index contributed by atoms with van der Waals surface area (Å²) >= 11 is 5.83. The van der Waals surface area contributed by atoms with Crippen LogP contribution in [0.1, 0.15) is 0 Å². The third kappa shape index (κ3) is 6.05. The highest BCUT2D eigenvalue weighted by atomic mass is 35.5. The summed E-state index contributed by atoms with van der Waals surface area (Å²) in [7, 11) is 2.14. The van der Waals surface area contributed by atoms with Crippen LogP contribution in [0.4, 0.5) is 16.2 Å². The Kier molecular flexibility index (Phi) is 6.79. The van der Waals surface area contributed by atoms with Gasteiger partial charge in [0, 0.05) is 42.6 Å². The average molecular weight is 389 g/mol. The lowest BCUT2D eigenvalue weighted by molar-refractivity contribution is 0.247. The molecule has 3 rings (SSSR count). The van der Waals surface area contributed by atoms with Crippen LogP contribution in [0.15, 0.2) is 48.5 Å². The molecule has 1 aliphatic rings. The summed E-state index contributed by atoms with van der Waals surface area (Å²) in [5.74, 6) is 0.723. The van der Waals surface area contributed by atoms with Crippen LogP contribution >= 0.6 is 11.6 Å². The average Bonchev–Trinajstić information content (AvgIpc) is 2.68. The van der Waals surface area contributed by atoms with Crippen LogP contribution in [0.2, 0.25) is 5.02 Å². The Balaban J connectivity index is 1.38. The Morgan fingerprint density at radius 1 is 1.04 bits per heavy atom. The molecule has 6 nitrogen and oxygen atoms in total. The molecule has 1 saturated heterocycles.